The first-order chi connectivity index (χ1) is 6.99. The minimum Gasteiger partial charge on any atom is -0.480 e. The highest BCUT2D eigenvalue weighted by Crippen LogP contribution is 1.97. The lowest BCUT2D eigenvalue weighted by molar-refractivity contribution is -0.140. The maximum Gasteiger partial charge on any atom is 0.316 e. The van der Waals surface area contributed by atoms with Crippen LogP contribution in [-0.2, 0) is 14.3 Å². The second kappa shape index (κ2) is 10.7. The molecular weight excluding hydrogens is 224 g/mol. The summed E-state index contributed by atoms with van der Waals surface area (Å²) in [6.45, 7) is 2.09. The van der Waals surface area contributed by atoms with Gasteiger partial charge in [0.25, 0.3) is 0 Å². The van der Waals surface area contributed by atoms with Gasteiger partial charge in [-0.2, -0.15) is 25.3 Å². The third-order valence-electron chi connectivity index (χ3n) is 1.06. The quantitative estimate of drug-likeness (QED) is 0.512. The highest BCUT2D eigenvalue weighted by Gasteiger charge is 2.06. The van der Waals surface area contributed by atoms with Crippen LogP contribution < -0.4 is 0 Å². The topological polar surface area (TPSA) is 63.6 Å². The fourth-order valence-electron chi connectivity index (χ4n) is 0.334. The van der Waals surface area contributed by atoms with E-state index >= 15 is 0 Å². The Kier molecular flexibility index (Phi) is 10.4. The average Bonchev–Trinajstić information content (AvgIpc) is 2.25. The van der Waals surface area contributed by atoms with Crippen molar-refractivity contribution in [3.8, 4) is 0 Å². The molecule has 0 saturated carbocycles. The number of aliphatic carboxylic acids is 1. The van der Waals surface area contributed by atoms with Crippen LogP contribution in [0.5, 0.6) is 0 Å². The van der Waals surface area contributed by atoms with Crippen LogP contribution in [0.1, 0.15) is 21.6 Å². The number of thiol groups is 2. The Morgan fingerprint density at radius 3 is 2.43 bits per heavy atom. The van der Waals surface area contributed by atoms with Crippen molar-refractivity contribution < 1.29 is 20.8 Å². The monoisotopic (exact) mass is 241 g/mol. The summed E-state index contributed by atoms with van der Waals surface area (Å²) in [6.07, 6.45) is 0.582. The molecular formula is C8H16O4S2. The number of hydrogen-bond acceptors (Lipinski definition) is 5. The van der Waals surface area contributed by atoms with Crippen molar-refractivity contribution in [2.75, 3.05) is 12.4 Å². The van der Waals surface area contributed by atoms with Crippen molar-refractivity contribution in [1.29, 1.82) is 0 Å². The molecule has 0 aliphatic heterocycles. The van der Waals surface area contributed by atoms with Crippen LogP contribution in [0.25, 0.3) is 0 Å². The van der Waals surface area contributed by atoms with Gasteiger partial charge in [-0.1, -0.05) is 6.92 Å². The lowest BCUT2D eigenvalue weighted by Crippen LogP contribution is -2.10. The molecule has 0 aromatic carbocycles. The van der Waals surface area contributed by atoms with Crippen molar-refractivity contribution in [2.45, 2.75) is 25.5 Å². The second-order valence-corrected chi connectivity index (χ2v) is 3.08. The molecule has 0 bridgehead atoms. The van der Waals surface area contributed by atoms with E-state index < -0.39 is 11.2 Å². The van der Waals surface area contributed by atoms with Gasteiger partial charge in [-0.05, 0) is 13.3 Å². The van der Waals surface area contributed by atoms with E-state index in [9.17, 15) is 9.59 Å². The number of carboxylic acids is 1. The van der Waals surface area contributed by atoms with Crippen molar-refractivity contribution >= 4 is 37.2 Å². The third-order valence-corrected chi connectivity index (χ3v) is 1.91. The molecule has 1 N–H and O–H groups in total. The summed E-state index contributed by atoms with van der Waals surface area (Å²) in [4.78, 5) is 20.0. The number of carbonyl (C=O) groups is 2. The molecule has 4 nitrogen and oxygen atoms in total. The van der Waals surface area contributed by atoms with Crippen molar-refractivity contribution in [1.82, 2.24) is 0 Å². The second-order valence-electron chi connectivity index (χ2n) is 2.14. The molecule has 1 unspecified atom stereocenters. The Morgan fingerprint density at radius 2 is 2.21 bits per heavy atom. The highest BCUT2D eigenvalue weighted by atomic mass is 32.1. The fourth-order valence-corrected chi connectivity index (χ4v) is 0.425. The molecule has 0 aliphatic rings. The van der Waals surface area contributed by atoms with Crippen LogP contribution >= 0.6 is 25.3 Å². The zero-order valence-electron chi connectivity index (χ0n) is 8.97. The molecule has 0 saturated heterocycles. The predicted molar refractivity (Wildman–Crippen MR) is 61.2 cm³/mol. The summed E-state index contributed by atoms with van der Waals surface area (Å²) in [7, 11) is 0. The molecule has 0 rings (SSSR count). The van der Waals surface area contributed by atoms with Crippen LogP contribution in [0.2, 0.25) is 0 Å². The van der Waals surface area contributed by atoms with E-state index in [1.807, 2.05) is 0 Å². The van der Waals surface area contributed by atoms with E-state index in [2.05, 4.69) is 30.0 Å². The highest BCUT2D eigenvalue weighted by molar-refractivity contribution is 7.81. The Bertz CT molecular complexity index is 189. The summed E-state index contributed by atoms with van der Waals surface area (Å²) < 4.78 is 11.0. The van der Waals surface area contributed by atoms with Gasteiger partial charge in [-0.25, -0.2) is 0 Å². The average molecular weight is 241 g/mol. The Labute approximate surface area is 96.2 Å². The first-order valence-electron chi connectivity index (χ1n) is 4.66. The van der Waals surface area contributed by atoms with Crippen molar-refractivity contribution in [3.63, 3.8) is 0 Å². The Morgan fingerprint density at radius 1 is 1.64 bits per heavy atom. The fraction of sp³-hybridized carbons (Fsp3) is 0.750. The van der Waals surface area contributed by atoms with Gasteiger partial charge in [-0.15, -0.1) is 0 Å². The molecule has 0 radical (unpaired) electrons. The van der Waals surface area contributed by atoms with Gasteiger partial charge >= 0.3 is 11.9 Å². The van der Waals surface area contributed by atoms with E-state index in [4.69, 9.17) is 6.48 Å². The van der Waals surface area contributed by atoms with Gasteiger partial charge in [0.1, 0.15) is 0 Å². The number of carboxylic acid groups (broad SMARTS) is 1. The number of ether oxygens (including phenoxy) is 1. The smallest absolute Gasteiger partial charge is 0.316 e. The Balaban J connectivity index is 0. The minimum atomic E-state index is -0.842. The van der Waals surface area contributed by atoms with Gasteiger partial charge in [0.05, 0.1) is 17.6 Å². The molecule has 6 heteroatoms. The molecule has 0 aromatic heterocycles. The minimum absolute atomic E-state index is 0.0972. The summed E-state index contributed by atoms with van der Waals surface area (Å²) in [5, 5.41) is 7.62. The van der Waals surface area contributed by atoms with E-state index in [1.165, 1.54) is 0 Å². The van der Waals surface area contributed by atoms with Crippen LogP contribution in [0, 0.1) is 0 Å². The van der Waals surface area contributed by atoms with E-state index in [0.717, 1.165) is 0 Å². The van der Waals surface area contributed by atoms with Gasteiger partial charge in [0.15, 0.2) is 0 Å². The molecule has 0 spiro atoms. The summed E-state index contributed by atoms with van der Waals surface area (Å²) in [5.41, 5.74) is 0. The molecule has 84 valence electrons. The van der Waals surface area contributed by atoms with Gasteiger partial charge in [-0.3, -0.25) is 9.59 Å². The molecule has 0 aromatic rings. The first kappa shape index (κ1) is 13.6. The van der Waals surface area contributed by atoms with Gasteiger partial charge in [0.2, 0.25) is 0 Å². The molecule has 1 atom stereocenters. The third kappa shape index (κ3) is 11.6. The number of carbonyl (C=O) groups excluding carboxylic acids is 1. The molecule has 14 heavy (non-hydrogen) atoms. The van der Waals surface area contributed by atoms with E-state index in [1.54, 1.807) is 6.92 Å². The van der Waals surface area contributed by atoms with E-state index in [0.29, 0.717) is 6.42 Å². The van der Waals surface area contributed by atoms with Crippen LogP contribution in [0.3, 0.4) is 0 Å². The largest absolute Gasteiger partial charge is 0.480 e. The van der Waals surface area contributed by atoms with Crippen molar-refractivity contribution in [2.24, 2.45) is 0 Å². The normalized spacial score (nSPS) is 11.8. The summed E-state index contributed by atoms with van der Waals surface area (Å²) in [5.74, 6) is -1.11. The standard InChI is InChI=1S/2C4H8O2S/c1-2-6-4(5)3-7;1-2-3(7)4(5)6/h7H,2-3H2,1H3;3,7H,2H2,1H3,(H,5,6)/i1D;. The first-order valence-corrected chi connectivity index (χ1v) is 5.11. The van der Waals surface area contributed by atoms with Crippen molar-refractivity contribution in [3.05, 3.63) is 0 Å². The summed E-state index contributed by atoms with van der Waals surface area (Å²) >= 11 is 7.38. The zero-order valence-corrected chi connectivity index (χ0v) is 9.76. The number of rotatable bonds is 4. The van der Waals surface area contributed by atoms with Crippen LogP contribution in [0.15, 0.2) is 0 Å². The lowest BCUT2D eigenvalue weighted by Gasteiger charge is -1.95. The lowest BCUT2D eigenvalue weighted by atomic mass is 10.3. The van der Waals surface area contributed by atoms with Gasteiger partial charge in [0, 0.05) is 1.37 Å². The molecule has 0 aliphatic carbocycles. The van der Waals surface area contributed by atoms with E-state index in [-0.39, 0.29) is 25.2 Å². The molecule has 0 amide bonds. The number of esters is 1. The molecule has 0 fully saturated rings. The number of hydrogen-bond donors (Lipinski definition) is 3. The molecule has 0 heterocycles. The van der Waals surface area contributed by atoms with Gasteiger partial charge < -0.3 is 9.84 Å². The SMILES string of the molecule is CCC(S)C(=O)O.[2H]CCOC(=O)CS. The predicted octanol–water partition coefficient (Wildman–Crippen LogP) is 1.26. The zero-order chi connectivity index (χ0) is 12.3. The Hall–Kier alpha value is -0.360. The van der Waals surface area contributed by atoms with Crippen LogP contribution in [0.4, 0.5) is 0 Å². The maximum atomic E-state index is 10.2. The maximum absolute atomic E-state index is 10.2. The summed E-state index contributed by atoms with van der Waals surface area (Å²) in [6, 6.07) is 0. The van der Waals surface area contributed by atoms with Crippen LogP contribution in [-0.4, -0.2) is 34.7 Å².